The monoisotopic (exact) mass is 470 g/mol. The summed E-state index contributed by atoms with van der Waals surface area (Å²) in [5, 5.41) is 11.2. The number of nitrogens with zero attached hydrogens (tertiary/aromatic N) is 2. The van der Waals surface area contributed by atoms with Crippen molar-refractivity contribution in [3.05, 3.63) is 53.0 Å². The lowest BCUT2D eigenvalue weighted by Crippen LogP contribution is -2.38. The summed E-state index contributed by atoms with van der Waals surface area (Å²) in [5.74, 6) is 0.303. The van der Waals surface area contributed by atoms with Gasteiger partial charge >= 0.3 is 0 Å². The molecule has 0 radical (unpaired) electrons. The summed E-state index contributed by atoms with van der Waals surface area (Å²) in [6, 6.07) is 7.53. The molecule has 34 heavy (non-hydrogen) atoms. The van der Waals surface area contributed by atoms with Gasteiger partial charge in [0.1, 0.15) is 23.3 Å². The first-order valence-corrected chi connectivity index (χ1v) is 11.3. The average Bonchev–Trinajstić information content (AvgIpc) is 3.39. The second-order valence-electron chi connectivity index (χ2n) is 8.32. The van der Waals surface area contributed by atoms with Crippen LogP contribution in [0.1, 0.15) is 29.5 Å². The highest BCUT2D eigenvalue weighted by atomic mass is 16.5. The molecule has 2 fully saturated rings. The second-order valence-corrected chi connectivity index (χ2v) is 8.32. The lowest BCUT2D eigenvalue weighted by Gasteiger charge is -2.28. The molecule has 0 saturated carbocycles. The number of rotatable bonds is 8. The van der Waals surface area contributed by atoms with E-state index in [1.54, 1.807) is 37.3 Å². The number of furan rings is 1. The lowest BCUT2D eigenvalue weighted by atomic mass is 9.99. The van der Waals surface area contributed by atoms with Crippen LogP contribution in [0.5, 0.6) is 11.5 Å². The number of ketones is 1. The molecule has 0 spiro atoms. The molecule has 1 atom stereocenters. The third kappa shape index (κ3) is 4.67. The molecule has 2 saturated heterocycles. The fourth-order valence-corrected chi connectivity index (χ4v) is 4.44. The van der Waals surface area contributed by atoms with Crippen LogP contribution in [0.15, 0.2) is 40.3 Å². The summed E-state index contributed by atoms with van der Waals surface area (Å²) in [6.07, 6.45) is 0.680. The van der Waals surface area contributed by atoms with E-state index in [1.165, 1.54) is 19.1 Å². The summed E-state index contributed by atoms with van der Waals surface area (Å²) < 4.78 is 21.8. The fraction of sp³-hybridized carbons (Fsp3) is 0.440. The van der Waals surface area contributed by atoms with E-state index in [0.717, 1.165) is 19.6 Å². The topological polar surface area (TPSA) is 102 Å². The van der Waals surface area contributed by atoms with Crippen LogP contribution in [-0.4, -0.2) is 80.2 Å². The van der Waals surface area contributed by atoms with Gasteiger partial charge in [0.2, 0.25) is 0 Å². The SMILES string of the molecule is COc1ccc(C(O)=C2C(=O)C(=O)N(CCCN3CCOCC3)[C@@H]2c2ccc(C)o2)cc1OC. The Morgan fingerprint density at radius 2 is 1.79 bits per heavy atom. The Morgan fingerprint density at radius 1 is 1.06 bits per heavy atom. The van der Waals surface area contributed by atoms with Crippen LogP contribution >= 0.6 is 0 Å². The van der Waals surface area contributed by atoms with E-state index < -0.39 is 17.7 Å². The van der Waals surface area contributed by atoms with Gasteiger partial charge in [-0.3, -0.25) is 14.5 Å². The van der Waals surface area contributed by atoms with Gasteiger partial charge in [0, 0.05) is 31.7 Å². The van der Waals surface area contributed by atoms with Gasteiger partial charge in [-0.2, -0.15) is 0 Å². The summed E-state index contributed by atoms with van der Waals surface area (Å²) in [6.45, 7) is 6.02. The summed E-state index contributed by atoms with van der Waals surface area (Å²) >= 11 is 0. The number of ether oxygens (including phenoxy) is 3. The molecule has 1 aromatic carbocycles. The first kappa shape index (κ1) is 23.8. The standard InChI is InChI=1S/C25H30N2O7/c1-16-5-7-19(34-16)22-21(23(28)17-6-8-18(31-2)20(15-17)32-3)24(29)25(30)27(22)10-4-9-26-11-13-33-14-12-26/h5-8,15,22,28H,4,9-14H2,1-3H3/t22-/m1/s1. The number of Topliss-reactive ketones (excluding diaryl/α,β-unsaturated/α-hetero) is 1. The third-order valence-electron chi connectivity index (χ3n) is 6.20. The number of benzene rings is 1. The number of aliphatic hydroxyl groups excluding tert-OH is 1. The Hall–Kier alpha value is -3.30. The Balaban J connectivity index is 1.67. The van der Waals surface area contributed by atoms with Crippen LogP contribution in [0.2, 0.25) is 0 Å². The van der Waals surface area contributed by atoms with E-state index in [2.05, 4.69) is 4.90 Å². The largest absolute Gasteiger partial charge is 0.507 e. The van der Waals surface area contributed by atoms with Crippen molar-refractivity contribution in [1.29, 1.82) is 0 Å². The van der Waals surface area contributed by atoms with Crippen molar-refractivity contribution >= 4 is 17.4 Å². The minimum Gasteiger partial charge on any atom is -0.507 e. The van der Waals surface area contributed by atoms with E-state index in [4.69, 9.17) is 18.6 Å². The van der Waals surface area contributed by atoms with Crippen LogP contribution in [0, 0.1) is 6.92 Å². The zero-order chi connectivity index (χ0) is 24.2. The van der Waals surface area contributed by atoms with Gasteiger partial charge in [0.25, 0.3) is 11.7 Å². The Labute approximate surface area is 198 Å². The van der Waals surface area contributed by atoms with Crippen molar-refractivity contribution in [2.45, 2.75) is 19.4 Å². The lowest BCUT2D eigenvalue weighted by molar-refractivity contribution is -0.140. The van der Waals surface area contributed by atoms with Crippen LogP contribution in [0.4, 0.5) is 0 Å². The summed E-state index contributed by atoms with van der Waals surface area (Å²) in [5.41, 5.74) is 0.343. The molecule has 0 aliphatic carbocycles. The molecule has 1 N–H and O–H groups in total. The number of amides is 1. The van der Waals surface area contributed by atoms with Crippen molar-refractivity contribution in [2.75, 3.05) is 53.6 Å². The predicted molar refractivity (Wildman–Crippen MR) is 124 cm³/mol. The molecule has 0 bridgehead atoms. The van der Waals surface area contributed by atoms with Crippen LogP contribution in [0.3, 0.4) is 0 Å². The van der Waals surface area contributed by atoms with E-state index in [0.29, 0.717) is 54.8 Å². The van der Waals surface area contributed by atoms with Gasteiger partial charge in [-0.1, -0.05) is 0 Å². The number of aliphatic hydroxyl groups is 1. The Bertz CT molecular complexity index is 1080. The van der Waals surface area contributed by atoms with Crippen LogP contribution in [-0.2, 0) is 14.3 Å². The molecular formula is C25H30N2O7. The number of morpholine rings is 1. The van der Waals surface area contributed by atoms with E-state index in [9.17, 15) is 14.7 Å². The fourth-order valence-electron chi connectivity index (χ4n) is 4.44. The van der Waals surface area contributed by atoms with E-state index in [1.807, 2.05) is 0 Å². The van der Waals surface area contributed by atoms with Gasteiger partial charge in [0.05, 0.1) is 33.0 Å². The smallest absolute Gasteiger partial charge is 0.295 e. The zero-order valence-electron chi connectivity index (χ0n) is 19.7. The van der Waals surface area contributed by atoms with Crippen LogP contribution in [0.25, 0.3) is 5.76 Å². The zero-order valence-corrected chi connectivity index (χ0v) is 19.7. The second kappa shape index (κ2) is 10.3. The third-order valence-corrected chi connectivity index (χ3v) is 6.20. The van der Waals surface area contributed by atoms with E-state index >= 15 is 0 Å². The number of carbonyl (C=O) groups is 2. The highest BCUT2D eigenvalue weighted by molar-refractivity contribution is 6.46. The Kier molecular flexibility index (Phi) is 7.23. The van der Waals surface area contributed by atoms with Gasteiger partial charge in [-0.15, -0.1) is 0 Å². The molecule has 3 heterocycles. The van der Waals surface area contributed by atoms with Gasteiger partial charge < -0.3 is 28.6 Å². The maximum Gasteiger partial charge on any atom is 0.295 e. The van der Waals surface area contributed by atoms with Crippen molar-refractivity contribution < 1.29 is 33.3 Å². The molecular weight excluding hydrogens is 440 g/mol. The minimum absolute atomic E-state index is 0.00191. The first-order valence-electron chi connectivity index (χ1n) is 11.3. The molecule has 2 aliphatic rings. The molecule has 0 unspecified atom stereocenters. The number of hydrogen-bond donors (Lipinski definition) is 1. The Morgan fingerprint density at radius 3 is 2.44 bits per heavy atom. The summed E-state index contributed by atoms with van der Waals surface area (Å²) in [4.78, 5) is 30.0. The number of aryl methyl sites for hydroxylation is 1. The maximum absolute atomic E-state index is 13.1. The molecule has 9 nitrogen and oxygen atoms in total. The van der Waals surface area contributed by atoms with Crippen molar-refractivity contribution in [3.8, 4) is 11.5 Å². The van der Waals surface area contributed by atoms with Gasteiger partial charge in [0.15, 0.2) is 11.5 Å². The maximum atomic E-state index is 13.1. The predicted octanol–water partition coefficient (Wildman–Crippen LogP) is 2.75. The van der Waals surface area contributed by atoms with Crippen LogP contribution < -0.4 is 9.47 Å². The molecule has 9 heteroatoms. The summed E-state index contributed by atoms with van der Waals surface area (Å²) in [7, 11) is 3.00. The van der Waals surface area contributed by atoms with Gasteiger partial charge in [-0.25, -0.2) is 0 Å². The molecule has 4 rings (SSSR count). The minimum atomic E-state index is -0.813. The molecule has 1 aromatic heterocycles. The molecule has 1 amide bonds. The number of hydrogen-bond acceptors (Lipinski definition) is 8. The van der Waals surface area contributed by atoms with Gasteiger partial charge in [-0.05, 0) is 43.7 Å². The van der Waals surface area contributed by atoms with Crippen molar-refractivity contribution in [2.24, 2.45) is 0 Å². The number of carbonyl (C=O) groups excluding carboxylic acids is 2. The van der Waals surface area contributed by atoms with Crippen molar-refractivity contribution in [1.82, 2.24) is 9.80 Å². The highest BCUT2D eigenvalue weighted by Gasteiger charge is 2.47. The average molecular weight is 471 g/mol. The van der Waals surface area contributed by atoms with Crippen molar-refractivity contribution in [3.63, 3.8) is 0 Å². The first-order chi connectivity index (χ1) is 16.4. The highest BCUT2D eigenvalue weighted by Crippen LogP contribution is 2.41. The quantitative estimate of drug-likeness (QED) is 0.357. The number of methoxy groups -OCH3 is 2. The van der Waals surface area contributed by atoms with E-state index in [-0.39, 0.29) is 11.3 Å². The molecule has 182 valence electrons. The number of likely N-dealkylation sites (tertiary alicyclic amines) is 1. The molecule has 2 aromatic rings. The molecule has 2 aliphatic heterocycles. The normalized spacial score (nSPS) is 20.7.